The van der Waals surface area contributed by atoms with Crippen LogP contribution >= 0.6 is 0 Å². The van der Waals surface area contributed by atoms with E-state index in [0.717, 1.165) is 23.3 Å². The van der Waals surface area contributed by atoms with Crippen LogP contribution < -0.4 is 5.11 Å². The van der Waals surface area contributed by atoms with Crippen molar-refractivity contribution in [2.24, 2.45) is 0 Å². The van der Waals surface area contributed by atoms with Crippen LogP contribution in [0.15, 0.2) is 36.4 Å². The molecule has 0 saturated heterocycles. The molecule has 4 heteroatoms. The maximum Gasteiger partial charge on any atom is 0.247 e. The zero-order valence-corrected chi connectivity index (χ0v) is 12.3. The van der Waals surface area contributed by atoms with Crippen molar-refractivity contribution in [1.82, 2.24) is 4.90 Å². The molecule has 1 aromatic rings. The van der Waals surface area contributed by atoms with Crippen molar-refractivity contribution in [2.75, 3.05) is 0 Å². The molecule has 1 aromatic carbocycles. The number of benzene rings is 1. The summed E-state index contributed by atoms with van der Waals surface area (Å²) in [6, 6.07) is 7.89. The van der Waals surface area contributed by atoms with Crippen molar-refractivity contribution in [1.29, 1.82) is 0 Å². The van der Waals surface area contributed by atoms with Gasteiger partial charge in [-0.25, -0.2) is 0 Å². The van der Waals surface area contributed by atoms with Crippen LogP contribution in [-0.4, -0.2) is 22.3 Å². The van der Waals surface area contributed by atoms with Crippen LogP contribution in [0.5, 0.6) is 0 Å². The zero-order valence-electron chi connectivity index (χ0n) is 12.3. The second kappa shape index (κ2) is 6.37. The van der Waals surface area contributed by atoms with Crippen molar-refractivity contribution in [2.45, 2.75) is 39.8 Å². The normalized spacial score (nSPS) is 11.6. The van der Waals surface area contributed by atoms with E-state index in [1.807, 2.05) is 52.0 Å². The molecule has 4 nitrogen and oxygen atoms in total. The van der Waals surface area contributed by atoms with Crippen LogP contribution in [0.25, 0.3) is 0 Å². The van der Waals surface area contributed by atoms with E-state index in [-0.39, 0.29) is 5.91 Å². The average molecular weight is 274 g/mol. The number of rotatable bonds is 4. The van der Waals surface area contributed by atoms with E-state index in [1.165, 1.54) is 0 Å². The van der Waals surface area contributed by atoms with Crippen LogP contribution in [-0.2, 0) is 16.1 Å². The van der Waals surface area contributed by atoms with Crippen LogP contribution in [0.4, 0.5) is 0 Å². The van der Waals surface area contributed by atoms with Gasteiger partial charge in [-0.2, -0.15) is 0 Å². The lowest BCUT2D eigenvalue weighted by atomic mass is 10.0. The standard InChI is InChI=1S/C16H21NO3/c1-12-5-7-13(8-6-12)11-17(16(2,3)4)14(18)9-10-15(19)20/h5-10H,11H2,1-4H3,(H,19,20)/p-1/b10-9-. The topological polar surface area (TPSA) is 60.4 Å². The fourth-order valence-electron chi connectivity index (χ4n) is 1.75. The predicted octanol–water partition coefficient (Wildman–Crippen LogP) is 1.43. The molecule has 0 aliphatic heterocycles. The van der Waals surface area contributed by atoms with Crippen molar-refractivity contribution < 1.29 is 14.7 Å². The van der Waals surface area contributed by atoms with Gasteiger partial charge in [0.2, 0.25) is 5.91 Å². The Hall–Kier alpha value is -2.10. The van der Waals surface area contributed by atoms with Crippen LogP contribution in [0, 0.1) is 6.92 Å². The molecule has 0 radical (unpaired) electrons. The Labute approximate surface area is 119 Å². The fraction of sp³-hybridized carbons (Fsp3) is 0.375. The highest BCUT2D eigenvalue weighted by Crippen LogP contribution is 2.18. The van der Waals surface area contributed by atoms with Gasteiger partial charge in [0, 0.05) is 18.2 Å². The number of hydrogen-bond donors (Lipinski definition) is 0. The second-order valence-corrected chi connectivity index (χ2v) is 5.73. The number of carboxylic acid groups (broad SMARTS) is 1. The molecule has 0 N–H and O–H groups in total. The van der Waals surface area contributed by atoms with Gasteiger partial charge in [-0.3, -0.25) is 4.79 Å². The first-order chi connectivity index (χ1) is 9.20. The number of aryl methyl sites for hydroxylation is 1. The lowest BCUT2D eigenvalue weighted by Gasteiger charge is -2.35. The summed E-state index contributed by atoms with van der Waals surface area (Å²) in [5.74, 6) is -1.72. The minimum Gasteiger partial charge on any atom is -0.545 e. The number of carbonyl (C=O) groups is 2. The highest BCUT2D eigenvalue weighted by atomic mass is 16.4. The third kappa shape index (κ3) is 4.88. The summed E-state index contributed by atoms with van der Waals surface area (Å²) >= 11 is 0. The van der Waals surface area contributed by atoms with Gasteiger partial charge in [0.05, 0.1) is 5.97 Å². The number of aliphatic carboxylic acids is 1. The predicted molar refractivity (Wildman–Crippen MR) is 75.6 cm³/mol. The molecule has 0 aromatic heterocycles. The summed E-state index contributed by atoms with van der Waals surface area (Å²) in [5, 5.41) is 10.4. The molecule has 0 atom stereocenters. The number of amides is 1. The Bertz CT molecular complexity index is 510. The number of carbonyl (C=O) groups excluding carboxylic acids is 2. The van der Waals surface area contributed by atoms with E-state index in [4.69, 9.17) is 0 Å². The Kier molecular flexibility index (Phi) is 5.08. The quantitative estimate of drug-likeness (QED) is 0.780. The van der Waals surface area contributed by atoms with Crippen LogP contribution in [0.2, 0.25) is 0 Å². The van der Waals surface area contributed by atoms with Crippen molar-refractivity contribution >= 4 is 11.9 Å². The van der Waals surface area contributed by atoms with Crippen molar-refractivity contribution in [3.05, 3.63) is 47.5 Å². The maximum absolute atomic E-state index is 12.1. The minimum atomic E-state index is -1.37. The largest absolute Gasteiger partial charge is 0.545 e. The van der Waals surface area contributed by atoms with Crippen molar-refractivity contribution in [3.63, 3.8) is 0 Å². The summed E-state index contributed by atoms with van der Waals surface area (Å²) in [7, 11) is 0. The number of carboxylic acids is 1. The molecule has 108 valence electrons. The molecule has 0 spiro atoms. The molecule has 1 amide bonds. The Morgan fingerprint density at radius 3 is 2.15 bits per heavy atom. The zero-order chi connectivity index (χ0) is 15.3. The molecule has 20 heavy (non-hydrogen) atoms. The van der Waals surface area contributed by atoms with E-state index in [1.54, 1.807) is 4.90 Å². The van der Waals surface area contributed by atoms with E-state index in [0.29, 0.717) is 6.54 Å². The summed E-state index contributed by atoms with van der Waals surface area (Å²) in [6.45, 7) is 8.16. The molecule has 0 aliphatic rings. The monoisotopic (exact) mass is 274 g/mol. The van der Waals surface area contributed by atoms with Gasteiger partial charge < -0.3 is 14.8 Å². The fourth-order valence-corrected chi connectivity index (χ4v) is 1.75. The van der Waals surface area contributed by atoms with E-state index in [2.05, 4.69) is 0 Å². The smallest absolute Gasteiger partial charge is 0.247 e. The third-order valence-electron chi connectivity index (χ3n) is 2.90. The van der Waals surface area contributed by atoms with Gasteiger partial charge >= 0.3 is 0 Å². The summed E-state index contributed by atoms with van der Waals surface area (Å²) < 4.78 is 0. The highest BCUT2D eigenvalue weighted by Gasteiger charge is 2.24. The summed E-state index contributed by atoms with van der Waals surface area (Å²) in [4.78, 5) is 24.1. The molecule has 0 unspecified atom stereocenters. The first-order valence-electron chi connectivity index (χ1n) is 6.46. The molecular weight excluding hydrogens is 254 g/mol. The van der Waals surface area contributed by atoms with Gasteiger partial charge in [0.15, 0.2) is 0 Å². The molecule has 0 fully saturated rings. The minimum absolute atomic E-state index is 0.345. The van der Waals surface area contributed by atoms with Gasteiger partial charge in [-0.1, -0.05) is 29.8 Å². The average Bonchev–Trinajstić information content (AvgIpc) is 2.33. The van der Waals surface area contributed by atoms with E-state index < -0.39 is 11.5 Å². The van der Waals surface area contributed by atoms with Gasteiger partial charge in [-0.05, 0) is 39.3 Å². The van der Waals surface area contributed by atoms with Crippen LogP contribution in [0.1, 0.15) is 31.9 Å². The second-order valence-electron chi connectivity index (χ2n) is 5.73. The molecule has 0 heterocycles. The van der Waals surface area contributed by atoms with Gasteiger partial charge in [0.25, 0.3) is 0 Å². The van der Waals surface area contributed by atoms with Gasteiger partial charge in [0.1, 0.15) is 0 Å². The summed E-state index contributed by atoms with van der Waals surface area (Å²) in [5.41, 5.74) is 1.75. The molecule has 0 aliphatic carbocycles. The maximum atomic E-state index is 12.1. The highest BCUT2D eigenvalue weighted by molar-refractivity contribution is 5.93. The third-order valence-corrected chi connectivity index (χ3v) is 2.90. The Balaban J connectivity index is 2.93. The number of nitrogens with zero attached hydrogens (tertiary/aromatic N) is 1. The van der Waals surface area contributed by atoms with Gasteiger partial charge in [-0.15, -0.1) is 0 Å². The SMILES string of the molecule is Cc1ccc(CN(C(=O)/C=C\C(=O)[O-])C(C)(C)C)cc1. The van der Waals surface area contributed by atoms with E-state index in [9.17, 15) is 14.7 Å². The molecule has 0 saturated carbocycles. The molecule has 1 rings (SSSR count). The van der Waals surface area contributed by atoms with Crippen molar-refractivity contribution in [3.8, 4) is 0 Å². The van der Waals surface area contributed by atoms with Crippen LogP contribution in [0.3, 0.4) is 0 Å². The summed E-state index contributed by atoms with van der Waals surface area (Å²) in [6.07, 6.45) is 1.80. The Morgan fingerprint density at radius 1 is 1.15 bits per heavy atom. The lowest BCUT2D eigenvalue weighted by molar-refractivity contribution is -0.297. The lowest BCUT2D eigenvalue weighted by Crippen LogP contribution is -2.44. The van der Waals surface area contributed by atoms with E-state index >= 15 is 0 Å². The first-order valence-corrected chi connectivity index (χ1v) is 6.46. The molecular formula is C16H20NO3-. The Morgan fingerprint density at radius 2 is 1.70 bits per heavy atom. The number of hydrogen-bond acceptors (Lipinski definition) is 3. The molecule has 0 bridgehead atoms. The first kappa shape index (κ1) is 16.0.